The minimum absolute atomic E-state index is 0.192. The van der Waals surface area contributed by atoms with Gasteiger partial charge in [-0.3, -0.25) is 9.59 Å². The van der Waals surface area contributed by atoms with Crippen LogP contribution in [0.4, 0.5) is 0 Å². The highest BCUT2D eigenvalue weighted by atomic mass is 16.5. The summed E-state index contributed by atoms with van der Waals surface area (Å²) >= 11 is 0. The van der Waals surface area contributed by atoms with Gasteiger partial charge < -0.3 is 19.4 Å². The number of benzene rings is 2. The number of unbranched alkanes of at least 4 members (excludes halogenated alkanes) is 1. The van der Waals surface area contributed by atoms with Crippen molar-refractivity contribution in [3.05, 3.63) is 91.1 Å². The Balaban J connectivity index is 1.87. The fourth-order valence-electron chi connectivity index (χ4n) is 2.72. The second-order valence-corrected chi connectivity index (χ2v) is 6.57. The van der Waals surface area contributed by atoms with E-state index in [1.807, 2.05) is 24.3 Å². The molecule has 0 fully saturated rings. The molecule has 3 rings (SSSR count). The average Bonchev–Trinajstić information content (AvgIpc) is 2.73. The maximum Gasteiger partial charge on any atom is 0.272 e. The lowest BCUT2D eigenvalue weighted by atomic mass is 10.2. The van der Waals surface area contributed by atoms with Crippen molar-refractivity contribution in [3.8, 4) is 11.5 Å². The summed E-state index contributed by atoms with van der Waals surface area (Å²) in [4.78, 5) is 30.1. The summed E-state index contributed by atoms with van der Waals surface area (Å²) < 4.78 is 10.7. The van der Waals surface area contributed by atoms with Gasteiger partial charge in [-0.1, -0.05) is 37.6 Å². The summed E-state index contributed by atoms with van der Waals surface area (Å²) in [5.74, 6) is 1.50. The van der Waals surface area contributed by atoms with Crippen LogP contribution in [-0.2, 0) is 0 Å². The van der Waals surface area contributed by atoms with Crippen LogP contribution in [0, 0.1) is 0 Å². The Morgan fingerprint density at radius 2 is 1.28 bits per heavy atom. The van der Waals surface area contributed by atoms with Crippen LogP contribution >= 0.6 is 0 Å². The minimum Gasteiger partial charge on any atom is -0.497 e. The number of aromatic nitrogens is 2. The highest BCUT2D eigenvalue weighted by molar-refractivity contribution is 5.51. The van der Waals surface area contributed by atoms with Crippen molar-refractivity contribution < 1.29 is 9.47 Å². The first-order valence-electron chi connectivity index (χ1n) is 9.52. The van der Waals surface area contributed by atoms with Crippen LogP contribution in [0.15, 0.2) is 58.1 Å². The Morgan fingerprint density at radius 1 is 0.793 bits per heavy atom. The summed E-state index contributed by atoms with van der Waals surface area (Å²) in [6.07, 6.45) is 5.33. The van der Waals surface area contributed by atoms with E-state index in [-0.39, 0.29) is 21.8 Å². The highest BCUT2D eigenvalue weighted by Crippen LogP contribution is 2.13. The lowest BCUT2D eigenvalue weighted by Crippen LogP contribution is -2.46. The van der Waals surface area contributed by atoms with E-state index in [0.29, 0.717) is 6.61 Å². The third-order valence-electron chi connectivity index (χ3n) is 4.37. The van der Waals surface area contributed by atoms with E-state index in [9.17, 15) is 9.59 Å². The van der Waals surface area contributed by atoms with Crippen molar-refractivity contribution in [3.63, 3.8) is 0 Å². The molecule has 0 aliphatic rings. The highest BCUT2D eigenvalue weighted by Gasteiger charge is 1.99. The molecule has 150 valence electrons. The molecule has 0 radical (unpaired) electrons. The summed E-state index contributed by atoms with van der Waals surface area (Å²) in [6, 6.07) is 14.6. The normalized spacial score (nSPS) is 12.2. The molecule has 6 heteroatoms. The topological polar surface area (TPSA) is 84.2 Å². The van der Waals surface area contributed by atoms with Crippen LogP contribution in [0.1, 0.15) is 30.9 Å². The first kappa shape index (κ1) is 20.2. The molecule has 2 N–H and O–H groups in total. The number of H-pyrrole nitrogens is 2. The van der Waals surface area contributed by atoms with Gasteiger partial charge in [-0.15, -0.1) is 0 Å². The van der Waals surface area contributed by atoms with E-state index in [1.54, 1.807) is 43.5 Å². The van der Waals surface area contributed by atoms with Crippen molar-refractivity contribution in [1.82, 2.24) is 9.97 Å². The fraction of sp³-hybridized carbons (Fsp3) is 0.217. The molecule has 0 atom stereocenters. The van der Waals surface area contributed by atoms with Gasteiger partial charge in [0.15, 0.2) is 0 Å². The molecular weight excluding hydrogens is 368 g/mol. The predicted molar refractivity (Wildman–Crippen MR) is 114 cm³/mol. The molecule has 3 aromatic rings. The summed E-state index contributed by atoms with van der Waals surface area (Å²) in [5, 5.41) is 0.388. The first-order valence-corrected chi connectivity index (χ1v) is 9.52. The maximum atomic E-state index is 12.4. The Bertz CT molecular complexity index is 1170. The second kappa shape index (κ2) is 9.59. The Labute approximate surface area is 168 Å². The summed E-state index contributed by atoms with van der Waals surface area (Å²) in [7, 11) is 1.59. The van der Waals surface area contributed by atoms with Crippen LogP contribution in [0.25, 0.3) is 12.2 Å². The smallest absolute Gasteiger partial charge is 0.272 e. The SMILES string of the molecule is CCCCOc1ccc(C=c2[nH]c(=O)c(=Cc3ccc(OC)cc3)[nH]c2=O)cc1. The van der Waals surface area contributed by atoms with Gasteiger partial charge in [0.25, 0.3) is 11.1 Å². The van der Waals surface area contributed by atoms with E-state index in [4.69, 9.17) is 9.47 Å². The van der Waals surface area contributed by atoms with Gasteiger partial charge in [0, 0.05) is 0 Å². The molecule has 0 saturated heterocycles. The molecular formula is C23H24N2O4. The molecule has 1 heterocycles. The van der Waals surface area contributed by atoms with Crippen molar-refractivity contribution in [2.45, 2.75) is 19.8 Å². The van der Waals surface area contributed by atoms with Crippen LogP contribution in [0.3, 0.4) is 0 Å². The van der Waals surface area contributed by atoms with E-state index in [0.717, 1.165) is 35.5 Å². The molecule has 0 spiro atoms. The predicted octanol–water partition coefficient (Wildman–Crippen LogP) is 1.91. The van der Waals surface area contributed by atoms with Crippen LogP contribution in [0.5, 0.6) is 11.5 Å². The van der Waals surface area contributed by atoms with E-state index < -0.39 is 0 Å². The lowest BCUT2D eigenvalue weighted by Gasteiger charge is -2.04. The second-order valence-electron chi connectivity index (χ2n) is 6.57. The molecule has 1 aromatic heterocycles. The zero-order chi connectivity index (χ0) is 20.6. The van der Waals surface area contributed by atoms with Gasteiger partial charge >= 0.3 is 0 Å². The standard InChI is InChI=1S/C23H24N2O4/c1-3-4-13-29-19-11-7-17(8-12-19)15-21-23(27)24-20(22(26)25-21)14-16-5-9-18(28-2)10-6-16/h5-12,14-15H,3-4,13H2,1-2H3,(H,24,27)(H,25,26). The number of aromatic amines is 2. The van der Waals surface area contributed by atoms with Crippen molar-refractivity contribution in [2.24, 2.45) is 0 Å². The maximum absolute atomic E-state index is 12.4. The third kappa shape index (κ3) is 5.48. The van der Waals surface area contributed by atoms with E-state index in [1.165, 1.54) is 0 Å². The Hall–Kier alpha value is -3.54. The minimum atomic E-state index is -0.369. The quantitative estimate of drug-likeness (QED) is 0.602. The number of hydrogen-bond donors (Lipinski definition) is 2. The zero-order valence-electron chi connectivity index (χ0n) is 16.5. The Morgan fingerprint density at radius 3 is 1.72 bits per heavy atom. The number of hydrogen-bond acceptors (Lipinski definition) is 4. The van der Waals surface area contributed by atoms with Crippen LogP contribution in [0.2, 0.25) is 0 Å². The number of rotatable bonds is 7. The fourth-order valence-corrected chi connectivity index (χ4v) is 2.72. The largest absolute Gasteiger partial charge is 0.497 e. The Kier molecular flexibility index (Phi) is 6.68. The average molecular weight is 392 g/mol. The van der Waals surface area contributed by atoms with E-state index >= 15 is 0 Å². The van der Waals surface area contributed by atoms with Gasteiger partial charge in [0.1, 0.15) is 22.2 Å². The zero-order valence-corrected chi connectivity index (χ0v) is 16.5. The third-order valence-corrected chi connectivity index (χ3v) is 4.37. The summed E-state index contributed by atoms with van der Waals surface area (Å²) in [5.41, 5.74) is 0.835. The van der Waals surface area contributed by atoms with Crippen molar-refractivity contribution in [2.75, 3.05) is 13.7 Å². The number of methoxy groups -OCH3 is 1. The first-order chi connectivity index (χ1) is 14.1. The molecule has 0 amide bonds. The summed E-state index contributed by atoms with van der Waals surface area (Å²) in [6.45, 7) is 2.79. The van der Waals surface area contributed by atoms with Crippen molar-refractivity contribution >= 4 is 12.2 Å². The molecule has 29 heavy (non-hydrogen) atoms. The molecule has 0 aliphatic carbocycles. The van der Waals surface area contributed by atoms with Gasteiger partial charge in [-0.2, -0.15) is 0 Å². The molecule has 6 nitrogen and oxygen atoms in total. The number of nitrogens with one attached hydrogen (secondary N) is 2. The monoisotopic (exact) mass is 392 g/mol. The molecule has 0 bridgehead atoms. The molecule has 0 unspecified atom stereocenters. The number of ether oxygens (including phenoxy) is 2. The molecule has 0 saturated carbocycles. The van der Waals surface area contributed by atoms with Gasteiger partial charge in [-0.25, -0.2) is 0 Å². The van der Waals surface area contributed by atoms with E-state index in [2.05, 4.69) is 16.9 Å². The van der Waals surface area contributed by atoms with Crippen LogP contribution in [-0.4, -0.2) is 23.7 Å². The molecule has 2 aromatic carbocycles. The van der Waals surface area contributed by atoms with Gasteiger partial charge in [-0.05, 0) is 54.0 Å². The van der Waals surface area contributed by atoms with Gasteiger partial charge in [0.05, 0.1) is 13.7 Å². The van der Waals surface area contributed by atoms with Crippen molar-refractivity contribution in [1.29, 1.82) is 0 Å². The van der Waals surface area contributed by atoms with Gasteiger partial charge in [0.2, 0.25) is 0 Å². The lowest BCUT2D eigenvalue weighted by molar-refractivity contribution is 0.309. The van der Waals surface area contributed by atoms with Crippen LogP contribution < -0.4 is 31.3 Å². The molecule has 0 aliphatic heterocycles.